The SMILES string of the molecule is C.C#CCCCCCC#C.Fc1cc(C#CCCCCCC#Cc2ccc(Br)c(F)c2)ccc1Br.Fc1cc(I)ccc1Br. The first kappa shape index (κ1) is 41.9. The van der Waals surface area contributed by atoms with E-state index in [4.69, 9.17) is 12.8 Å². The predicted octanol–water partition coefficient (Wildman–Crippen LogP) is 12.9. The molecule has 0 nitrogen and oxygen atoms in total. The number of hydrogen-bond donors (Lipinski definition) is 0. The van der Waals surface area contributed by atoms with Crippen LogP contribution in [0.4, 0.5) is 13.2 Å². The fourth-order valence-corrected chi connectivity index (χ4v) is 4.37. The maximum atomic E-state index is 13.3. The first-order valence-electron chi connectivity index (χ1n) is 13.5. The summed E-state index contributed by atoms with van der Waals surface area (Å²) in [4.78, 5) is 0. The molecule has 0 aliphatic carbocycles. The van der Waals surface area contributed by atoms with Gasteiger partial charge in [-0.05, 0) is 151 Å². The number of hydrogen-bond acceptors (Lipinski definition) is 0. The highest BCUT2D eigenvalue weighted by atomic mass is 127. The fraction of sp³-hybridized carbons (Fsp3) is 0.297. The maximum Gasteiger partial charge on any atom is 0.138 e. The van der Waals surface area contributed by atoms with E-state index < -0.39 is 0 Å². The summed E-state index contributed by atoms with van der Waals surface area (Å²) in [5.74, 6) is 16.4. The highest BCUT2D eigenvalue weighted by Crippen LogP contribution is 2.18. The maximum absolute atomic E-state index is 13.3. The molecule has 0 aliphatic heterocycles. The zero-order valence-corrected chi connectivity index (χ0v) is 30.5. The van der Waals surface area contributed by atoms with Crippen molar-refractivity contribution in [1.29, 1.82) is 0 Å². The molecule has 0 spiro atoms. The Labute approximate surface area is 301 Å². The van der Waals surface area contributed by atoms with Crippen molar-refractivity contribution >= 4 is 70.4 Å². The summed E-state index contributed by atoms with van der Waals surface area (Å²) in [7, 11) is 0. The van der Waals surface area contributed by atoms with Crippen molar-refractivity contribution in [3.63, 3.8) is 0 Å². The molecule has 0 amide bonds. The number of benzene rings is 3. The van der Waals surface area contributed by atoms with Crippen LogP contribution in [0, 0.1) is 69.4 Å². The van der Waals surface area contributed by atoms with Gasteiger partial charge in [0.1, 0.15) is 17.5 Å². The van der Waals surface area contributed by atoms with Crippen molar-refractivity contribution in [3.8, 4) is 48.4 Å². The monoisotopic (exact) mass is 900 g/mol. The van der Waals surface area contributed by atoms with E-state index in [2.05, 4.69) is 106 Å². The lowest BCUT2D eigenvalue weighted by Crippen LogP contribution is -1.81. The van der Waals surface area contributed by atoms with Gasteiger partial charge in [0, 0.05) is 40.4 Å². The molecular formula is C37H35Br3F3I. The Hall–Kier alpha value is -2.14. The molecule has 3 rings (SSSR count). The van der Waals surface area contributed by atoms with Crippen LogP contribution < -0.4 is 0 Å². The van der Waals surface area contributed by atoms with Crippen LogP contribution in [0.3, 0.4) is 0 Å². The second-order valence-corrected chi connectivity index (χ2v) is 12.8. The van der Waals surface area contributed by atoms with Crippen molar-refractivity contribution in [3.05, 3.63) is 100 Å². The van der Waals surface area contributed by atoms with Gasteiger partial charge in [0.25, 0.3) is 0 Å². The Morgan fingerprint density at radius 1 is 0.545 bits per heavy atom. The quantitative estimate of drug-likeness (QED) is 0.0914. The van der Waals surface area contributed by atoms with Crippen molar-refractivity contribution in [1.82, 2.24) is 0 Å². The first-order chi connectivity index (χ1) is 20.7. The van der Waals surface area contributed by atoms with E-state index in [0.29, 0.717) is 24.5 Å². The Balaban J connectivity index is 0.000000797. The molecule has 0 bridgehead atoms. The minimum absolute atomic E-state index is 0. The lowest BCUT2D eigenvalue weighted by Gasteiger charge is -1.95. The van der Waals surface area contributed by atoms with E-state index in [1.54, 1.807) is 30.3 Å². The standard InChI is InChI=1S/C21H16Br2F2.C9H12.C6H3BrFI.CH4/c22-18-12-10-16(14-20(18)24)8-6-4-2-1-3-5-7-9-17-11-13-19(23)21(25)15-17;1-3-5-7-9-8-6-4-2;7-5-2-1-4(9)3-6(5)8;/h10-15H,1-5H2;1-2H,5-9H2;1-3H;1H4. The summed E-state index contributed by atoms with van der Waals surface area (Å²) in [5.41, 5.74) is 1.38. The van der Waals surface area contributed by atoms with E-state index >= 15 is 0 Å². The first-order valence-corrected chi connectivity index (χ1v) is 17.0. The summed E-state index contributed by atoms with van der Waals surface area (Å²) in [6.45, 7) is 0. The van der Waals surface area contributed by atoms with Gasteiger partial charge in [0.2, 0.25) is 0 Å². The molecule has 0 fully saturated rings. The van der Waals surface area contributed by atoms with Crippen LogP contribution in [0.25, 0.3) is 0 Å². The van der Waals surface area contributed by atoms with Crippen LogP contribution in [-0.2, 0) is 0 Å². The van der Waals surface area contributed by atoms with Crippen molar-refractivity contribution < 1.29 is 13.2 Å². The zero-order chi connectivity index (χ0) is 31.9. The Morgan fingerprint density at radius 3 is 1.25 bits per heavy atom. The summed E-state index contributed by atoms with van der Waals surface area (Å²) in [5, 5.41) is 0. The highest BCUT2D eigenvalue weighted by molar-refractivity contribution is 14.1. The molecule has 0 atom stereocenters. The van der Waals surface area contributed by atoms with Crippen LogP contribution in [0.5, 0.6) is 0 Å². The average molecular weight is 903 g/mol. The molecule has 232 valence electrons. The molecule has 3 aromatic rings. The molecule has 0 heterocycles. The second-order valence-electron chi connectivity index (χ2n) is 8.95. The number of rotatable bonds is 8. The number of terminal acetylenes is 2. The molecule has 7 heteroatoms. The van der Waals surface area contributed by atoms with Gasteiger partial charge >= 0.3 is 0 Å². The lowest BCUT2D eigenvalue weighted by atomic mass is 10.1. The normalized spacial score (nSPS) is 9.11. The van der Waals surface area contributed by atoms with E-state index in [-0.39, 0.29) is 24.9 Å². The van der Waals surface area contributed by atoms with Crippen molar-refractivity contribution in [2.45, 2.75) is 71.6 Å². The molecule has 0 saturated heterocycles. The van der Waals surface area contributed by atoms with Gasteiger partial charge in [-0.15, -0.1) is 24.7 Å². The van der Waals surface area contributed by atoms with E-state index in [1.807, 2.05) is 6.07 Å². The minimum Gasteiger partial charge on any atom is -0.206 e. The number of unbranched alkanes of at least 4 members (excludes halogenated alkanes) is 8. The predicted molar refractivity (Wildman–Crippen MR) is 199 cm³/mol. The molecule has 0 N–H and O–H groups in total. The molecule has 0 unspecified atom stereocenters. The molecule has 0 aliphatic rings. The van der Waals surface area contributed by atoms with Crippen LogP contribution >= 0.6 is 70.4 Å². The van der Waals surface area contributed by atoms with Crippen LogP contribution in [-0.4, -0.2) is 0 Å². The van der Waals surface area contributed by atoms with Gasteiger partial charge in [-0.25, -0.2) is 13.2 Å². The van der Waals surface area contributed by atoms with Crippen LogP contribution in [0.2, 0.25) is 0 Å². The third kappa shape index (κ3) is 20.0. The molecule has 44 heavy (non-hydrogen) atoms. The molecule has 0 radical (unpaired) electrons. The summed E-state index contributed by atoms with van der Waals surface area (Å²) in [6.07, 6.45) is 19.9. The van der Waals surface area contributed by atoms with Crippen molar-refractivity contribution in [2.75, 3.05) is 0 Å². The van der Waals surface area contributed by atoms with Crippen molar-refractivity contribution in [2.24, 2.45) is 0 Å². The average Bonchev–Trinajstić information content (AvgIpc) is 2.98. The van der Waals surface area contributed by atoms with E-state index in [0.717, 1.165) is 61.4 Å². The highest BCUT2D eigenvalue weighted by Gasteiger charge is 1.99. The lowest BCUT2D eigenvalue weighted by molar-refractivity contribution is 0.620. The topological polar surface area (TPSA) is 0 Å². The Kier molecular flexibility index (Phi) is 24.8. The number of halogens is 7. The summed E-state index contributed by atoms with van der Waals surface area (Å²) < 4.78 is 41.5. The molecule has 0 saturated carbocycles. The van der Waals surface area contributed by atoms with Gasteiger partial charge in [0.05, 0.1) is 13.4 Å². The Bertz CT molecular complexity index is 1410. The second kappa shape index (κ2) is 26.1. The van der Waals surface area contributed by atoms with Gasteiger partial charge in [0.15, 0.2) is 0 Å². The third-order valence-corrected chi connectivity index (χ3v) is 8.03. The minimum atomic E-state index is -0.295. The smallest absolute Gasteiger partial charge is 0.138 e. The van der Waals surface area contributed by atoms with Gasteiger partial charge < -0.3 is 0 Å². The zero-order valence-electron chi connectivity index (χ0n) is 23.6. The Morgan fingerprint density at radius 2 is 0.909 bits per heavy atom. The van der Waals surface area contributed by atoms with Gasteiger partial charge in [-0.3, -0.25) is 0 Å². The molecule has 0 aromatic heterocycles. The summed E-state index contributed by atoms with van der Waals surface area (Å²) in [6, 6.07) is 14.8. The fourth-order valence-electron chi connectivity index (χ4n) is 3.18. The third-order valence-electron chi connectivity index (χ3n) is 5.43. The van der Waals surface area contributed by atoms with Gasteiger partial charge in [-0.2, -0.15) is 0 Å². The molecule has 3 aromatic carbocycles. The van der Waals surface area contributed by atoms with Crippen LogP contribution in [0.15, 0.2) is 68.0 Å². The van der Waals surface area contributed by atoms with Gasteiger partial charge in [-0.1, -0.05) is 44.0 Å². The molecular weight excluding hydrogens is 868 g/mol. The van der Waals surface area contributed by atoms with E-state index in [1.165, 1.54) is 24.6 Å². The van der Waals surface area contributed by atoms with Crippen LogP contribution in [0.1, 0.15) is 82.8 Å². The summed E-state index contributed by atoms with van der Waals surface area (Å²) >= 11 is 11.4. The largest absolute Gasteiger partial charge is 0.206 e. The van der Waals surface area contributed by atoms with E-state index in [9.17, 15) is 13.2 Å².